The predicted octanol–water partition coefficient (Wildman–Crippen LogP) is 5.24. The normalized spacial score (nSPS) is 17.4. The van der Waals surface area contributed by atoms with Crippen molar-refractivity contribution < 1.29 is 31.1 Å². The van der Waals surface area contributed by atoms with Gasteiger partial charge in [0.2, 0.25) is 21.9 Å². The fraction of sp³-hybridized carbons (Fsp3) is 0.423. The van der Waals surface area contributed by atoms with Gasteiger partial charge in [-0.05, 0) is 63.4 Å². The minimum absolute atomic E-state index is 0.0190. The lowest BCUT2D eigenvalue weighted by molar-refractivity contribution is -0.137. The Labute approximate surface area is 245 Å². The summed E-state index contributed by atoms with van der Waals surface area (Å²) in [4.78, 5) is 17.8. The number of nitrogens with one attached hydrogen (secondary N) is 2. The summed E-state index contributed by atoms with van der Waals surface area (Å²) in [5.74, 6) is -0.0665. The second-order valence-electron chi connectivity index (χ2n) is 11.3. The number of aromatic amines is 1. The number of alkyl halides is 3. The number of sulfonamides is 1. The molecule has 1 saturated carbocycles. The van der Waals surface area contributed by atoms with E-state index in [1.54, 1.807) is 20.8 Å². The molecule has 4 N–H and O–H groups in total. The summed E-state index contributed by atoms with van der Waals surface area (Å²) in [6.45, 7) is 5.69. The van der Waals surface area contributed by atoms with Crippen LogP contribution in [0.3, 0.4) is 0 Å². The van der Waals surface area contributed by atoms with Crippen LogP contribution in [0.2, 0.25) is 5.02 Å². The summed E-state index contributed by atoms with van der Waals surface area (Å²) in [6, 6.07) is 7.26. The standard InChI is InChI=1S/C26H29ClF3N7O4S/c1-24(2,3)41-23(38)36-10-11-37(25(14-36)8-9-25)42(39,40)17-6-4-15(5-7-17)20-18(26(28,29)30)12-16(13-19(20)27)32-22-33-21(31)34-35-22/h4-7,12-13H,8-11,14H2,1-3H3,(H4,31,32,33,34,35). The average Bonchev–Trinajstić information content (AvgIpc) is 3.51. The van der Waals surface area contributed by atoms with Crippen molar-refractivity contribution >= 4 is 45.3 Å². The zero-order valence-corrected chi connectivity index (χ0v) is 24.5. The Balaban J connectivity index is 1.40. The van der Waals surface area contributed by atoms with Gasteiger partial charge in [-0.1, -0.05) is 23.7 Å². The summed E-state index contributed by atoms with van der Waals surface area (Å²) in [6.07, 6.45) is -4.13. The number of aromatic nitrogens is 3. The van der Waals surface area contributed by atoms with Crippen LogP contribution in [0.4, 0.5) is 35.5 Å². The van der Waals surface area contributed by atoms with Crippen LogP contribution < -0.4 is 11.1 Å². The molecule has 226 valence electrons. The first-order valence-electron chi connectivity index (χ1n) is 13.0. The highest BCUT2D eigenvalue weighted by Gasteiger charge is 2.57. The lowest BCUT2D eigenvalue weighted by atomic mass is 9.98. The minimum atomic E-state index is -4.79. The Bertz CT molecular complexity index is 1620. The minimum Gasteiger partial charge on any atom is -0.444 e. The summed E-state index contributed by atoms with van der Waals surface area (Å²) in [5, 5.41) is 8.52. The maximum absolute atomic E-state index is 14.1. The molecule has 0 unspecified atom stereocenters. The molecule has 1 spiro atoms. The van der Waals surface area contributed by atoms with Crippen molar-refractivity contribution in [2.45, 2.75) is 55.8 Å². The number of piperazine rings is 1. The van der Waals surface area contributed by atoms with Gasteiger partial charge in [0, 0.05) is 30.9 Å². The van der Waals surface area contributed by atoms with E-state index in [1.165, 1.54) is 39.5 Å². The third kappa shape index (κ3) is 5.99. The van der Waals surface area contributed by atoms with Gasteiger partial charge < -0.3 is 20.7 Å². The Morgan fingerprint density at radius 3 is 2.36 bits per heavy atom. The molecule has 1 aromatic heterocycles. The van der Waals surface area contributed by atoms with Gasteiger partial charge >= 0.3 is 12.3 Å². The highest BCUT2D eigenvalue weighted by Crippen LogP contribution is 2.48. The first-order valence-corrected chi connectivity index (χ1v) is 14.8. The molecule has 11 nitrogen and oxygen atoms in total. The Morgan fingerprint density at radius 2 is 1.81 bits per heavy atom. The van der Waals surface area contributed by atoms with Crippen LogP contribution in [0.1, 0.15) is 39.2 Å². The maximum Gasteiger partial charge on any atom is 0.417 e. The number of rotatable bonds is 5. The summed E-state index contributed by atoms with van der Waals surface area (Å²) in [7, 11) is -4.02. The summed E-state index contributed by atoms with van der Waals surface area (Å²) in [5.41, 5.74) is 2.76. The number of carbonyl (C=O) groups is 1. The van der Waals surface area contributed by atoms with Gasteiger partial charge in [-0.15, -0.1) is 5.10 Å². The van der Waals surface area contributed by atoms with Crippen molar-refractivity contribution in [3.63, 3.8) is 0 Å². The number of nitrogen functional groups attached to an aromatic ring is 1. The zero-order valence-electron chi connectivity index (χ0n) is 22.9. The molecule has 0 atom stereocenters. The van der Waals surface area contributed by atoms with E-state index in [1.807, 2.05) is 0 Å². The Kier molecular flexibility index (Phi) is 7.34. The Hall–Kier alpha value is -3.56. The SMILES string of the molecule is CC(C)(C)OC(=O)N1CCN(S(=O)(=O)c2ccc(-c3c(Cl)cc(Nc4n[nH]c(N)n4)cc3C(F)(F)F)cc2)C2(CC2)C1. The van der Waals surface area contributed by atoms with Crippen LogP contribution in [-0.2, 0) is 20.9 Å². The fourth-order valence-corrected chi connectivity index (χ4v) is 7.08. The molecule has 1 saturated heterocycles. The van der Waals surface area contributed by atoms with E-state index < -0.39 is 39.0 Å². The average molecular weight is 628 g/mol. The molecule has 16 heteroatoms. The summed E-state index contributed by atoms with van der Waals surface area (Å²) < 4.78 is 76.6. The molecule has 0 bridgehead atoms. The number of ether oxygens (including phenoxy) is 1. The zero-order chi connectivity index (χ0) is 30.7. The van der Waals surface area contributed by atoms with E-state index in [0.29, 0.717) is 12.8 Å². The van der Waals surface area contributed by atoms with Gasteiger partial charge in [0.25, 0.3) is 0 Å². The quantitative estimate of drug-likeness (QED) is 0.348. The molecule has 2 aliphatic rings. The second-order valence-corrected chi connectivity index (χ2v) is 13.5. The first kappa shape index (κ1) is 29.9. The Morgan fingerprint density at radius 1 is 1.14 bits per heavy atom. The van der Waals surface area contributed by atoms with Gasteiger partial charge in [-0.25, -0.2) is 18.3 Å². The summed E-state index contributed by atoms with van der Waals surface area (Å²) >= 11 is 6.34. The van der Waals surface area contributed by atoms with Crippen LogP contribution in [0.25, 0.3) is 11.1 Å². The number of nitrogens with two attached hydrogens (primary N) is 1. The van der Waals surface area contributed by atoms with E-state index in [2.05, 4.69) is 20.5 Å². The monoisotopic (exact) mass is 627 g/mol. The predicted molar refractivity (Wildman–Crippen MR) is 150 cm³/mol. The molecular formula is C26H29ClF3N7O4S. The van der Waals surface area contributed by atoms with Crippen molar-refractivity contribution in [2.75, 3.05) is 30.7 Å². The molecule has 3 aromatic rings. The fourth-order valence-electron chi connectivity index (χ4n) is 4.95. The van der Waals surface area contributed by atoms with Gasteiger partial charge in [-0.2, -0.15) is 22.5 Å². The number of hydrogen-bond acceptors (Lipinski definition) is 8. The number of carbonyl (C=O) groups excluding carboxylic acids is 1. The number of nitrogens with zero attached hydrogens (tertiary/aromatic N) is 4. The molecule has 2 heterocycles. The highest BCUT2D eigenvalue weighted by atomic mass is 35.5. The van der Waals surface area contributed by atoms with Crippen LogP contribution in [0, 0.1) is 0 Å². The van der Waals surface area contributed by atoms with Crippen LogP contribution in [0.15, 0.2) is 41.3 Å². The van der Waals surface area contributed by atoms with Crippen molar-refractivity contribution in [3.05, 3.63) is 47.0 Å². The van der Waals surface area contributed by atoms with Crippen molar-refractivity contribution in [1.29, 1.82) is 0 Å². The van der Waals surface area contributed by atoms with E-state index in [0.717, 1.165) is 6.07 Å². The lowest BCUT2D eigenvalue weighted by Crippen LogP contribution is -2.58. The molecule has 1 aliphatic heterocycles. The number of halogens is 4. The number of hydrogen-bond donors (Lipinski definition) is 3. The number of benzene rings is 2. The van der Waals surface area contributed by atoms with Gasteiger partial charge in [0.15, 0.2) is 0 Å². The molecular weight excluding hydrogens is 599 g/mol. The van der Waals surface area contributed by atoms with Crippen LogP contribution in [0.5, 0.6) is 0 Å². The molecule has 5 rings (SSSR count). The molecule has 2 aromatic carbocycles. The number of anilines is 3. The van der Waals surface area contributed by atoms with Gasteiger partial charge in [0.05, 0.1) is 21.0 Å². The van der Waals surface area contributed by atoms with Crippen molar-refractivity contribution in [3.8, 4) is 11.1 Å². The van der Waals surface area contributed by atoms with Crippen molar-refractivity contribution in [2.24, 2.45) is 0 Å². The largest absolute Gasteiger partial charge is 0.444 e. The second kappa shape index (κ2) is 10.3. The number of amides is 1. The van der Waals surface area contributed by atoms with Gasteiger partial charge in [0.1, 0.15) is 5.60 Å². The molecule has 2 fully saturated rings. The molecule has 1 amide bonds. The lowest BCUT2D eigenvalue weighted by Gasteiger charge is -2.41. The first-order chi connectivity index (χ1) is 19.5. The topological polar surface area (TPSA) is 147 Å². The van der Waals surface area contributed by atoms with Crippen LogP contribution >= 0.6 is 11.6 Å². The van der Waals surface area contributed by atoms with E-state index >= 15 is 0 Å². The maximum atomic E-state index is 14.1. The van der Waals surface area contributed by atoms with Crippen molar-refractivity contribution in [1.82, 2.24) is 24.4 Å². The molecule has 1 aliphatic carbocycles. The van der Waals surface area contributed by atoms with E-state index in [-0.39, 0.29) is 58.3 Å². The van der Waals surface area contributed by atoms with Gasteiger partial charge in [-0.3, -0.25) is 0 Å². The van der Waals surface area contributed by atoms with Crippen LogP contribution in [-0.4, -0.2) is 69.7 Å². The number of H-pyrrole nitrogens is 1. The molecule has 42 heavy (non-hydrogen) atoms. The smallest absolute Gasteiger partial charge is 0.417 e. The van der Waals surface area contributed by atoms with E-state index in [9.17, 15) is 26.4 Å². The molecule has 0 radical (unpaired) electrons. The third-order valence-corrected chi connectivity index (χ3v) is 9.27. The third-order valence-electron chi connectivity index (χ3n) is 6.95. The highest BCUT2D eigenvalue weighted by molar-refractivity contribution is 7.89. The van der Waals surface area contributed by atoms with E-state index in [4.69, 9.17) is 22.1 Å².